The Labute approximate surface area is 330 Å². The zero-order valence-corrected chi connectivity index (χ0v) is 33.1. The fraction of sp³-hybridized carbons (Fsp3) is 0.395. The highest BCUT2D eigenvalue weighted by molar-refractivity contribution is 6.30. The summed E-state index contributed by atoms with van der Waals surface area (Å²) in [6.07, 6.45) is 1.83. The molecule has 0 aromatic heterocycles. The Balaban J connectivity index is 0.00000650. The predicted molar refractivity (Wildman–Crippen MR) is 215 cm³/mol. The Hall–Kier alpha value is -4.15. The van der Waals surface area contributed by atoms with Crippen LogP contribution in [-0.4, -0.2) is 51.3 Å². The number of rotatable bonds is 17. The Morgan fingerprint density at radius 1 is 0.926 bits per heavy atom. The summed E-state index contributed by atoms with van der Waals surface area (Å²) < 4.78 is 33.2. The Morgan fingerprint density at radius 3 is 2.41 bits per heavy atom. The quantitative estimate of drug-likeness (QED) is 0.104. The van der Waals surface area contributed by atoms with E-state index in [4.69, 9.17) is 25.8 Å². The van der Waals surface area contributed by atoms with Gasteiger partial charge in [-0.2, -0.15) is 0 Å². The molecule has 0 bridgehead atoms. The van der Waals surface area contributed by atoms with E-state index < -0.39 is 23.9 Å². The van der Waals surface area contributed by atoms with E-state index in [1.165, 1.54) is 11.6 Å². The molecule has 1 aliphatic heterocycles. The largest absolute Gasteiger partial charge is 0.492 e. The van der Waals surface area contributed by atoms with Crippen LogP contribution < -0.4 is 25.0 Å². The van der Waals surface area contributed by atoms with Gasteiger partial charge in [0, 0.05) is 40.5 Å². The second-order valence-corrected chi connectivity index (χ2v) is 15.0. The van der Waals surface area contributed by atoms with E-state index in [1.807, 2.05) is 51.1 Å². The van der Waals surface area contributed by atoms with E-state index in [1.54, 1.807) is 42.3 Å². The molecule has 0 spiro atoms. The second-order valence-electron chi connectivity index (χ2n) is 14.5. The summed E-state index contributed by atoms with van der Waals surface area (Å²) in [6.45, 7) is 8.70. The predicted octanol–water partition coefficient (Wildman–Crippen LogP) is 8.86. The van der Waals surface area contributed by atoms with Crippen LogP contribution in [0.1, 0.15) is 74.8 Å². The van der Waals surface area contributed by atoms with Gasteiger partial charge in [0.15, 0.2) is 11.5 Å². The molecule has 1 heterocycles. The maximum absolute atomic E-state index is 14.3. The number of nitrogens with zero attached hydrogens (tertiary/aromatic N) is 1. The van der Waals surface area contributed by atoms with Crippen molar-refractivity contribution in [3.63, 3.8) is 0 Å². The van der Waals surface area contributed by atoms with Crippen molar-refractivity contribution in [1.82, 2.24) is 10.6 Å². The summed E-state index contributed by atoms with van der Waals surface area (Å²) >= 11 is 6.59. The van der Waals surface area contributed by atoms with Crippen LogP contribution in [0.3, 0.4) is 0 Å². The highest BCUT2D eigenvalue weighted by atomic mass is 35.5. The van der Waals surface area contributed by atoms with Crippen LogP contribution >= 0.6 is 24.0 Å². The molecule has 0 aliphatic carbocycles. The number of hydrogen-bond acceptors (Lipinski definition) is 6. The first-order chi connectivity index (χ1) is 25.5. The Bertz CT molecular complexity index is 1820. The van der Waals surface area contributed by atoms with Gasteiger partial charge < -0.3 is 29.7 Å². The SMILES string of the molecule is COc1c(OCCCNCCCCc2ccccc2)cccc1[C@H]1O[C@H](CC(=O)NCc2ccccc2F)C(=O)N(CC(C)(C)C)c2ccc(Cl)cc21.Cl. The summed E-state index contributed by atoms with van der Waals surface area (Å²) in [4.78, 5) is 29.4. The molecule has 8 nitrogen and oxygen atoms in total. The zero-order chi connectivity index (χ0) is 37.8. The molecule has 54 heavy (non-hydrogen) atoms. The van der Waals surface area contributed by atoms with E-state index >= 15 is 0 Å². The molecule has 2 amide bonds. The number of amides is 2. The fourth-order valence-corrected chi connectivity index (χ4v) is 6.64. The van der Waals surface area contributed by atoms with Crippen LogP contribution in [0.25, 0.3) is 0 Å². The second kappa shape index (κ2) is 20.5. The standard InChI is InChI=1S/C43H51ClFN3O5.ClH/c1-43(2,3)29-48-36-22-21-32(44)26-34(36)40(53-38(42(48)50)27-39(49)47-28-31-17-8-9-19-35(31)45)33-18-12-20-37(41(33)51-4)52-25-13-24-46-23-11-10-16-30-14-6-5-7-15-30;/h5-9,12,14-15,17-22,26,38,40,46H,10-11,13,16,23-25,27-29H2,1-4H3,(H,47,49);1H/t38-,40-;/m1./s1. The Morgan fingerprint density at radius 2 is 1.67 bits per heavy atom. The summed E-state index contributed by atoms with van der Waals surface area (Å²) in [5.74, 6) is -0.207. The minimum atomic E-state index is -1.16. The molecule has 290 valence electrons. The van der Waals surface area contributed by atoms with Gasteiger partial charge in [-0.05, 0) is 80.1 Å². The fourth-order valence-electron chi connectivity index (χ4n) is 6.46. The number of halogens is 3. The van der Waals surface area contributed by atoms with E-state index in [-0.39, 0.29) is 36.7 Å². The van der Waals surface area contributed by atoms with Gasteiger partial charge in [0.1, 0.15) is 18.0 Å². The van der Waals surface area contributed by atoms with Crippen molar-refractivity contribution in [3.8, 4) is 11.5 Å². The van der Waals surface area contributed by atoms with Crippen LogP contribution in [0, 0.1) is 11.2 Å². The summed E-state index contributed by atoms with van der Waals surface area (Å²) in [5, 5.41) is 6.74. The van der Waals surface area contributed by atoms with E-state index in [0.29, 0.717) is 52.1 Å². The van der Waals surface area contributed by atoms with Gasteiger partial charge in [0.2, 0.25) is 5.91 Å². The number of ether oxygens (including phenoxy) is 3. The third kappa shape index (κ3) is 11.9. The van der Waals surface area contributed by atoms with Gasteiger partial charge in [-0.25, -0.2) is 4.39 Å². The van der Waals surface area contributed by atoms with Crippen molar-refractivity contribution in [2.75, 3.05) is 38.3 Å². The van der Waals surface area contributed by atoms with Crippen molar-refractivity contribution >= 4 is 41.5 Å². The highest BCUT2D eigenvalue weighted by Crippen LogP contribution is 2.45. The number of benzene rings is 4. The van der Waals surface area contributed by atoms with Crippen LogP contribution in [0.2, 0.25) is 5.02 Å². The maximum Gasteiger partial charge on any atom is 0.256 e. The van der Waals surface area contributed by atoms with Gasteiger partial charge in [-0.1, -0.05) is 93.0 Å². The number of unbranched alkanes of at least 4 members (excludes halogenated alkanes) is 1. The molecular weight excluding hydrogens is 728 g/mol. The number of carbonyl (C=O) groups excluding carboxylic acids is 2. The van der Waals surface area contributed by atoms with E-state index in [9.17, 15) is 14.0 Å². The van der Waals surface area contributed by atoms with E-state index in [0.717, 1.165) is 38.8 Å². The molecule has 1 aliphatic rings. The third-order valence-electron chi connectivity index (χ3n) is 9.00. The van der Waals surface area contributed by atoms with E-state index in [2.05, 4.69) is 34.9 Å². The molecule has 0 fully saturated rings. The van der Waals surface area contributed by atoms with Gasteiger partial charge in [-0.3, -0.25) is 9.59 Å². The lowest BCUT2D eigenvalue weighted by atomic mass is 9.94. The summed E-state index contributed by atoms with van der Waals surface area (Å²) in [6, 6.07) is 27.7. The molecule has 0 saturated heterocycles. The number of methoxy groups -OCH3 is 1. The number of aryl methyl sites for hydroxylation is 1. The van der Waals surface area contributed by atoms with Gasteiger partial charge in [0.05, 0.1) is 20.1 Å². The molecule has 2 atom stereocenters. The van der Waals surface area contributed by atoms with Crippen molar-refractivity contribution in [3.05, 3.63) is 124 Å². The highest BCUT2D eigenvalue weighted by Gasteiger charge is 2.40. The average molecular weight is 781 g/mol. The van der Waals surface area contributed by atoms with Crippen molar-refractivity contribution in [1.29, 1.82) is 0 Å². The number of fused-ring (bicyclic) bond motifs is 1. The molecule has 2 N–H and O–H groups in total. The van der Waals surface area contributed by atoms with Crippen molar-refractivity contribution < 1.29 is 28.2 Å². The summed E-state index contributed by atoms with van der Waals surface area (Å²) in [5.41, 5.74) is 3.36. The minimum absolute atomic E-state index is 0. The smallest absolute Gasteiger partial charge is 0.256 e. The van der Waals surface area contributed by atoms with Gasteiger partial charge >= 0.3 is 0 Å². The van der Waals surface area contributed by atoms with Crippen LogP contribution in [0.15, 0.2) is 91.0 Å². The number of nitrogens with one attached hydrogen (secondary N) is 2. The molecule has 0 unspecified atom stereocenters. The minimum Gasteiger partial charge on any atom is -0.492 e. The number of para-hydroxylation sites is 1. The molecule has 11 heteroatoms. The maximum atomic E-state index is 14.3. The normalized spacial score (nSPS) is 15.5. The van der Waals surface area contributed by atoms with Crippen molar-refractivity contribution in [2.45, 2.75) is 71.6 Å². The molecule has 0 radical (unpaired) electrons. The number of carbonyl (C=O) groups is 2. The first-order valence-electron chi connectivity index (χ1n) is 18.3. The third-order valence-corrected chi connectivity index (χ3v) is 9.24. The van der Waals surface area contributed by atoms with Crippen LogP contribution in [-0.2, 0) is 27.3 Å². The topological polar surface area (TPSA) is 89.1 Å². The molecule has 4 aromatic carbocycles. The lowest BCUT2D eigenvalue weighted by Gasteiger charge is -2.31. The first-order valence-corrected chi connectivity index (χ1v) is 18.7. The Kier molecular flexibility index (Phi) is 16.2. The first kappa shape index (κ1) is 42.6. The lowest BCUT2D eigenvalue weighted by Crippen LogP contribution is -2.45. The van der Waals surface area contributed by atoms with Gasteiger partial charge in [0.25, 0.3) is 5.91 Å². The van der Waals surface area contributed by atoms with Crippen LogP contribution in [0.4, 0.5) is 10.1 Å². The van der Waals surface area contributed by atoms with Crippen LogP contribution in [0.5, 0.6) is 11.5 Å². The van der Waals surface area contributed by atoms with Gasteiger partial charge in [-0.15, -0.1) is 12.4 Å². The summed E-state index contributed by atoms with van der Waals surface area (Å²) in [7, 11) is 1.57. The molecule has 4 aromatic rings. The monoisotopic (exact) mass is 779 g/mol. The van der Waals surface area contributed by atoms with Crippen molar-refractivity contribution in [2.24, 2.45) is 5.41 Å². The molecule has 0 saturated carbocycles. The number of hydrogen-bond donors (Lipinski definition) is 2. The molecule has 5 rings (SSSR count). The molecular formula is C43H52Cl2FN3O5. The number of anilines is 1. The lowest BCUT2D eigenvalue weighted by molar-refractivity contribution is -0.138. The average Bonchev–Trinajstić information content (AvgIpc) is 3.23. The zero-order valence-electron chi connectivity index (χ0n) is 31.5.